The molecule has 4 nitrogen and oxygen atoms in total. The van der Waals surface area contributed by atoms with Gasteiger partial charge < -0.3 is 10.4 Å². The number of hydrogen-bond acceptors (Lipinski definition) is 4. The minimum Gasteiger partial charge on any atom is -0.374 e. The Kier molecular flexibility index (Phi) is 4.20. The molecule has 114 valence electrons. The highest BCUT2D eigenvalue weighted by Gasteiger charge is 2.58. The van der Waals surface area contributed by atoms with Gasteiger partial charge in [0.1, 0.15) is 5.01 Å². The van der Waals surface area contributed by atoms with Crippen LogP contribution in [0.15, 0.2) is 24.3 Å². The first kappa shape index (κ1) is 15.7. The van der Waals surface area contributed by atoms with Crippen molar-refractivity contribution in [1.82, 2.24) is 10.3 Å². The Bertz CT molecular complexity index is 623. The van der Waals surface area contributed by atoms with E-state index in [4.69, 9.17) is 0 Å². The molecule has 0 saturated carbocycles. The smallest absolute Gasteiger partial charge is 0.374 e. The highest BCUT2D eigenvalue weighted by atomic mass is 32.1. The molecule has 1 aromatic carbocycles. The Morgan fingerprint density at radius 3 is 2.62 bits per heavy atom. The highest BCUT2D eigenvalue weighted by Crippen LogP contribution is 2.44. The second-order valence-electron chi connectivity index (χ2n) is 4.48. The van der Waals surface area contributed by atoms with Gasteiger partial charge in [-0.2, -0.15) is 13.2 Å². The standard InChI is InChI=1S/C13H13F3N2O2S/c1-2-17-10(19)7-12(20,13(14,15)16)11-18-8-5-3-4-6-9(8)21-11/h3-6,20H,2,7H2,1H3,(H,17,19). The summed E-state index contributed by atoms with van der Waals surface area (Å²) in [5.74, 6) is -0.878. The van der Waals surface area contributed by atoms with E-state index in [2.05, 4.69) is 10.3 Å². The number of amides is 1. The van der Waals surface area contributed by atoms with E-state index < -0.39 is 29.1 Å². The van der Waals surface area contributed by atoms with E-state index in [-0.39, 0.29) is 6.54 Å². The summed E-state index contributed by atoms with van der Waals surface area (Å²) < 4.78 is 40.3. The number of fused-ring (bicyclic) bond motifs is 1. The van der Waals surface area contributed by atoms with Crippen LogP contribution in [0.1, 0.15) is 18.4 Å². The van der Waals surface area contributed by atoms with Crippen LogP contribution in [0.3, 0.4) is 0 Å². The molecule has 0 radical (unpaired) electrons. The van der Waals surface area contributed by atoms with Crippen molar-refractivity contribution in [3.05, 3.63) is 29.3 Å². The van der Waals surface area contributed by atoms with Gasteiger partial charge >= 0.3 is 6.18 Å². The largest absolute Gasteiger partial charge is 0.424 e. The van der Waals surface area contributed by atoms with Crippen molar-refractivity contribution in [3.63, 3.8) is 0 Å². The first-order valence-corrected chi connectivity index (χ1v) is 7.01. The molecule has 0 saturated heterocycles. The van der Waals surface area contributed by atoms with Gasteiger partial charge in [0.2, 0.25) is 11.5 Å². The average molecular weight is 318 g/mol. The Hall–Kier alpha value is -1.67. The van der Waals surface area contributed by atoms with Gasteiger partial charge in [0.15, 0.2) is 0 Å². The van der Waals surface area contributed by atoms with Crippen molar-refractivity contribution >= 4 is 27.5 Å². The Balaban J connectivity index is 2.46. The fourth-order valence-corrected chi connectivity index (χ4v) is 2.91. The topological polar surface area (TPSA) is 62.2 Å². The maximum Gasteiger partial charge on any atom is 0.424 e. The van der Waals surface area contributed by atoms with Gasteiger partial charge in [0.25, 0.3) is 0 Å². The Labute approximate surface area is 122 Å². The van der Waals surface area contributed by atoms with Gasteiger partial charge in [0.05, 0.1) is 16.6 Å². The molecule has 0 bridgehead atoms. The van der Waals surface area contributed by atoms with E-state index >= 15 is 0 Å². The summed E-state index contributed by atoms with van der Waals surface area (Å²) in [6, 6.07) is 6.47. The molecule has 2 aromatic rings. The fraction of sp³-hybridized carbons (Fsp3) is 0.385. The zero-order chi connectivity index (χ0) is 15.7. The van der Waals surface area contributed by atoms with Crippen molar-refractivity contribution in [3.8, 4) is 0 Å². The molecular formula is C13H13F3N2O2S. The number of para-hydroxylation sites is 1. The number of nitrogens with zero attached hydrogens (tertiary/aromatic N) is 1. The van der Waals surface area contributed by atoms with Crippen molar-refractivity contribution in [2.45, 2.75) is 25.1 Å². The number of benzene rings is 1. The Morgan fingerprint density at radius 2 is 2.05 bits per heavy atom. The summed E-state index contributed by atoms with van der Waals surface area (Å²) in [5.41, 5.74) is -2.92. The van der Waals surface area contributed by atoms with Crippen molar-refractivity contribution in [1.29, 1.82) is 0 Å². The number of halogens is 3. The van der Waals surface area contributed by atoms with Gasteiger partial charge in [-0.3, -0.25) is 4.79 Å². The van der Waals surface area contributed by atoms with Gasteiger partial charge in [-0.15, -0.1) is 11.3 Å². The third kappa shape index (κ3) is 3.01. The molecule has 1 unspecified atom stereocenters. The lowest BCUT2D eigenvalue weighted by atomic mass is 9.99. The number of rotatable bonds is 4. The first-order chi connectivity index (χ1) is 9.78. The van der Waals surface area contributed by atoms with E-state index in [1.165, 1.54) is 0 Å². The first-order valence-electron chi connectivity index (χ1n) is 6.20. The van der Waals surface area contributed by atoms with Crippen LogP contribution in [0, 0.1) is 0 Å². The lowest BCUT2D eigenvalue weighted by Gasteiger charge is -2.27. The molecule has 1 heterocycles. The molecule has 0 fully saturated rings. The zero-order valence-corrected chi connectivity index (χ0v) is 11.9. The summed E-state index contributed by atoms with van der Waals surface area (Å²) in [6.45, 7) is 1.77. The van der Waals surface area contributed by atoms with Gasteiger partial charge in [-0.1, -0.05) is 12.1 Å². The van der Waals surface area contributed by atoms with Crippen LogP contribution in [-0.2, 0) is 10.4 Å². The Morgan fingerprint density at radius 1 is 1.38 bits per heavy atom. The van der Waals surface area contributed by atoms with Crippen molar-refractivity contribution in [2.75, 3.05) is 6.54 Å². The number of aliphatic hydroxyl groups is 1. The summed E-state index contributed by atoms with van der Waals surface area (Å²) >= 11 is 0.730. The highest BCUT2D eigenvalue weighted by molar-refractivity contribution is 7.18. The third-order valence-electron chi connectivity index (χ3n) is 2.91. The van der Waals surface area contributed by atoms with Crippen LogP contribution in [-0.4, -0.2) is 28.7 Å². The van der Waals surface area contributed by atoms with E-state index in [1.54, 1.807) is 31.2 Å². The molecule has 2 rings (SSSR count). The fourth-order valence-electron chi connectivity index (χ4n) is 1.84. The summed E-state index contributed by atoms with van der Waals surface area (Å²) in [7, 11) is 0. The predicted molar refractivity (Wildman–Crippen MR) is 72.9 cm³/mol. The molecule has 1 aromatic heterocycles. The lowest BCUT2D eigenvalue weighted by molar-refractivity contribution is -0.267. The summed E-state index contributed by atoms with van der Waals surface area (Å²) in [6.07, 6.45) is -6.10. The molecule has 2 N–H and O–H groups in total. The third-order valence-corrected chi connectivity index (χ3v) is 4.09. The van der Waals surface area contributed by atoms with Crippen molar-refractivity contribution in [2.24, 2.45) is 0 Å². The average Bonchev–Trinajstić information content (AvgIpc) is 2.81. The van der Waals surface area contributed by atoms with E-state index in [0.29, 0.717) is 10.2 Å². The number of carbonyl (C=O) groups is 1. The molecule has 0 aliphatic carbocycles. The summed E-state index contributed by atoms with van der Waals surface area (Å²) in [5, 5.41) is 11.8. The molecule has 0 spiro atoms. The van der Waals surface area contributed by atoms with Crippen molar-refractivity contribution < 1.29 is 23.1 Å². The van der Waals surface area contributed by atoms with E-state index in [1.807, 2.05) is 0 Å². The van der Waals surface area contributed by atoms with Crippen LogP contribution in [0.2, 0.25) is 0 Å². The van der Waals surface area contributed by atoms with Crippen LogP contribution in [0.4, 0.5) is 13.2 Å². The molecule has 1 amide bonds. The monoisotopic (exact) mass is 318 g/mol. The van der Waals surface area contributed by atoms with E-state index in [9.17, 15) is 23.1 Å². The number of carbonyl (C=O) groups excluding carboxylic acids is 1. The van der Waals surface area contributed by atoms with Gasteiger partial charge in [-0.25, -0.2) is 4.98 Å². The molecule has 21 heavy (non-hydrogen) atoms. The number of aromatic nitrogens is 1. The molecular weight excluding hydrogens is 305 g/mol. The van der Waals surface area contributed by atoms with Crippen LogP contribution in [0.25, 0.3) is 10.2 Å². The molecule has 0 aliphatic rings. The SMILES string of the molecule is CCNC(=O)CC(O)(c1nc2ccccc2s1)C(F)(F)F. The lowest BCUT2D eigenvalue weighted by Crippen LogP contribution is -2.46. The maximum absolute atomic E-state index is 13.3. The number of alkyl halides is 3. The number of hydrogen-bond donors (Lipinski definition) is 2. The maximum atomic E-state index is 13.3. The quantitative estimate of drug-likeness (QED) is 0.911. The number of nitrogens with one attached hydrogen (secondary N) is 1. The molecule has 8 heteroatoms. The van der Waals surface area contributed by atoms with Crippen LogP contribution >= 0.6 is 11.3 Å². The van der Waals surface area contributed by atoms with Crippen LogP contribution < -0.4 is 5.32 Å². The van der Waals surface area contributed by atoms with Gasteiger partial charge in [0, 0.05) is 6.54 Å². The minimum atomic E-state index is -4.99. The zero-order valence-electron chi connectivity index (χ0n) is 11.1. The van der Waals surface area contributed by atoms with Gasteiger partial charge in [-0.05, 0) is 19.1 Å². The number of thiazole rings is 1. The second-order valence-corrected chi connectivity index (χ2v) is 5.51. The second kappa shape index (κ2) is 5.61. The normalized spacial score (nSPS) is 14.9. The summed E-state index contributed by atoms with van der Waals surface area (Å²) in [4.78, 5) is 15.3. The predicted octanol–water partition coefficient (Wildman–Crippen LogP) is 2.57. The molecule has 1 atom stereocenters. The van der Waals surface area contributed by atoms with Crippen LogP contribution in [0.5, 0.6) is 0 Å². The van der Waals surface area contributed by atoms with E-state index in [0.717, 1.165) is 11.3 Å². The molecule has 0 aliphatic heterocycles. The minimum absolute atomic E-state index is 0.187.